The Morgan fingerprint density at radius 1 is 1.29 bits per heavy atom. The molecule has 0 spiro atoms. The molecule has 0 aliphatic rings. The Kier molecular flexibility index (Phi) is 6.82. The molecule has 0 aliphatic heterocycles. The van der Waals surface area contributed by atoms with Crippen molar-refractivity contribution in [3.05, 3.63) is 29.6 Å². The summed E-state index contributed by atoms with van der Waals surface area (Å²) in [4.78, 5) is 6.49. The summed E-state index contributed by atoms with van der Waals surface area (Å²) >= 11 is 0. The van der Waals surface area contributed by atoms with Crippen molar-refractivity contribution in [2.75, 3.05) is 39.0 Å². The first kappa shape index (κ1) is 17.6. The summed E-state index contributed by atoms with van der Waals surface area (Å²) < 4.78 is 13.9. The molecule has 4 heteroatoms. The molecule has 1 aromatic rings. The van der Waals surface area contributed by atoms with Gasteiger partial charge in [0.2, 0.25) is 0 Å². The van der Waals surface area contributed by atoms with Crippen LogP contribution < -0.4 is 5.32 Å². The third-order valence-corrected chi connectivity index (χ3v) is 3.13. The van der Waals surface area contributed by atoms with Crippen molar-refractivity contribution in [2.45, 2.75) is 27.2 Å². The zero-order valence-electron chi connectivity index (χ0n) is 13.9. The molecule has 0 amide bonds. The minimum atomic E-state index is -0.228. The van der Waals surface area contributed by atoms with Gasteiger partial charge < -0.3 is 10.2 Å². The van der Waals surface area contributed by atoms with E-state index in [9.17, 15) is 4.39 Å². The van der Waals surface area contributed by atoms with Gasteiger partial charge in [-0.2, -0.15) is 0 Å². The molecule has 118 valence electrons. The third-order valence-electron chi connectivity index (χ3n) is 3.13. The number of benzene rings is 1. The number of aliphatic imine (C=N–C) groups is 1. The average molecular weight is 293 g/mol. The van der Waals surface area contributed by atoms with Gasteiger partial charge >= 0.3 is 0 Å². The third kappa shape index (κ3) is 7.23. The molecule has 3 nitrogen and oxygen atoms in total. The van der Waals surface area contributed by atoms with Crippen molar-refractivity contribution < 1.29 is 4.39 Å². The first-order valence-electron chi connectivity index (χ1n) is 7.46. The standard InChI is InChI=1S/C17H28FN3/c1-17(2,3)9-10-19-13-14-7-6-8-15(18)16(14)20-11-12-21(4)5/h6-8,13,20H,9-12H2,1-5H3. The van der Waals surface area contributed by atoms with Gasteiger partial charge in [0.1, 0.15) is 5.82 Å². The molecule has 0 heterocycles. The van der Waals surface area contributed by atoms with Gasteiger partial charge in [-0.25, -0.2) is 4.39 Å². The summed E-state index contributed by atoms with van der Waals surface area (Å²) in [6.45, 7) is 8.90. The fourth-order valence-electron chi connectivity index (χ4n) is 1.80. The molecular weight excluding hydrogens is 265 g/mol. The van der Waals surface area contributed by atoms with Gasteiger partial charge in [-0.1, -0.05) is 32.9 Å². The van der Waals surface area contributed by atoms with Gasteiger partial charge in [-0.15, -0.1) is 0 Å². The van der Waals surface area contributed by atoms with E-state index >= 15 is 0 Å². The van der Waals surface area contributed by atoms with Crippen molar-refractivity contribution in [1.82, 2.24) is 4.90 Å². The van der Waals surface area contributed by atoms with Gasteiger partial charge in [-0.05, 0) is 32.0 Å². The van der Waals surface area contributed by atoms with E-state index in [1.54, 1.807) is 12.3 Å². The second-order valence-corrected chi connectivity index (χ2v) is 6.78. The number of nitrogens with zero attached hydrogens (tertiary/aromatic N) is 2. The molecule has 0 aromatic heterocycles. The Morgan fingerprint density at radius 2 is 2.00 bits per heavy atom. The molecule has 1 N–H and O–H groups in total. The van der Waals surface area contributed by atoms with Crippen molar-refractivity contribution >= 4 is 11.9 Å². The van der Waals surface area contributed by atoms with Crippen LogP contribution in [0.5, 0.6) is 0 Å². The van der Waals surface area contributed by atoms with E-state index in [2.05, 4.69) is 36.0 Å². The second-order valence-electron chi connectivity index (χ2n) is 6.78. The van der Waals surface area contributed by atoms with E-state index < -0.39 is 0 Å². The summed E-state index contributed by atoms with van der Waals surface area (Å²) in [5.74, 6) is -0.228. The van der Waals surface area contributed by atoms with E-state index in [4.69, 9.17) is 0 Å². The number of para-hydroxylation sites is 1. The molecule has 0 atom stereocenters. The van der Waals surface area contributed by atoms with Gasteiger partial charge in [-0.3, -0.25) is 4.99 Å². The van der Waals surface area contributed by atoms with Crippen LogP contribution in [0.15, 0.2) is 23.2 Å². The lowest BCUT2D eigenvalue weighted by molar-refractivity contribution is 0.385. The molecule has 0 bridgehead atoms. The van der Waals surface area contributed by atoms with E-state index in [1.165, 1.54) is 6.07 Å². The highest BCUT2D eigenvalue weighted by Gasteiger charge is 2.09. The van der Waals surface area contributed by atoms with E-state index in [1.807, 2.05) is 20.2 Å². The normalized spacial score (nSPS) is 12.3. The van der Waals surface area contributed by atoms with Gasteiger partial charge in [0.05, 0.1) is 5.69 Å². The summed E-state index contributed by atoms with van der Waals surface area (Å²) in [5.41, 5.74) is 1.62. The van der Waals surface area contributed by atoms with Crippen LogP contribution in [-0.4, -0.2) is 44.8 Å². The molecule has 0 unspecified atom stereocenters. The maximum absolute atomic E-state index is 13.9. The van der Waals surface area contributed by atoms with Gasteiger partial charge in [0, 0.05) is 31.4 Å². The van der Waals surface area contributed by atoms with Crippen molar-refractivity contribution in [1.29, 1.82) is 0 Å². The van der Waals surface area contributed by atoms with E-state index in [0.29, 0.717) is 12.2 Å². The summed E-state index contributed by atoms with van der Waals surface area (Å²) in [6.07, 6.45) is 2.79. The topological polar surface area (TPSA) is 27.6 Å². The number of likely N-dealkylation sites (N-methyl/N-ethyl adjacent to an activating group) is 1. The molecule has 0 saturated heterocycles. The number of anilines is 1. The smallest absolute Gasteiger partial charge is 0.146 e. The van der Waals surface area contributed by atoms with E-state index in [0.717, 1.165) is 25.1 Å². The minimum absolute atomic E-state index is 0.228. The van der Waals surface area contributed by atoms with Crippen molar-refractivity contribution in [2.24, 2.45) is 10.4 Å². The number of hydrogen-bond donors (Lipinski definition) is 1. The molecule has 0 radical (unpaired) electrons. The molecule has 0 aliphatic carbocycles. The Hall–Kier alpha value is -1.42. The van der Waals surface area contributed by atoms with Crippen LogP contribution in [0.25, 0.3) is 0 Å². The van der Waals surface area contributed by atoms with Crippen LogP contribution >= 0.6 is 0 Å². The van der Waals surface area contributed by atoms with Crippen LogP contribution in [0.3, 0.4) is 0 Å². The van der Waals surface area contributed by atoms with Gasteiger partial charge in [0.25, 0.3) is 0 Å². The highest BCUT2D eigenvalue weighted by molar-refractivity contribution is 5.87. The molecule has 0 fully saturated rings. The first-order chi connectivity index (χ1) is 9.79. The summed E-state index contributed by atoms with van der Waals surface area (Å²) in [6, 6.07) is 5.09. The number of hydrogen-bond acceptors (Lipinski definition) is 3. The Labute approximate surface area is 128 Å². The minimum Gasteiger partial charge on any atom is -0.381 e. The second kappa shape index (κ2) is 8.13. The summed E-state index contributed by atoms with van der Waals surface area (Å²) in [5, 5.41) is 3.16. The van der Waals surface area contributed by atoms with Crippen LogP contribution in [-0.2, 0) is 0 Å². The number of rotatable bonds is 7. The Bertz CT molecular complexity index is 462. The predicted molar refractivity (Wildman–Crippen MR) is 90.0 cm³/mol. The maximum Gasteiger partial charge on any atom is 0.146 e. The van der Waals surface area contributed by atoms with Crippen LogP contribution in [0.1, 0.15) is 32.8 Å². The predicted octanol–water partition coefficient (Wildman–Crippen LogP) is 3.65. The maximum atomic E-state index is 13.9. The zero-order chi connectivity index (χ0) is 15.9. The average Bonchev–Trinajstić information content (AvgIpc) is 2.36. The molecular formula is C17H28FN3. The van der Waals surface area contributed by atoms with E-state index in [-0.39, 0.29) is 11.2 Å². The highest BCUT2D eigenvalue weighted by Crippen LogP contribution is 2.20. The van der Waals surface area contributed by atoms with Crippen LogP contribution in [0, 0.1) is 11.2 Å². The molecule has 0 saturated carbocycles. The van der Waals surface area contributed by atoms with Crippen molar-refractivity contribution in [3.8, 4) is 0 Å². The quantitative estimate of drug-likeness (QED) is 0.777. The fraction of sp³-hybridized carbons (Fsp3) is 0.588. The Morgan fingerprint density at radius 3 is 2.62 bits per heavy atom. The molecule has 1 aromatic carbocycles. The lowest BCUT2D eigenvalue weighted by atomic mass is 9.92. The Balaban J connectivity index is 2.68. The largest absolute Gasteiger partial charge is 0.381 e. The number of nitrogens with one attached hydrogen (secondary N) is 1. The molecule has 1 rings (SSSR count). The SMILES string of the molecule is CN(C)CCNc1c(F)cccc1C=NCCC(C)(C)C. The molecule has 21 heavy (non-hydrogen) atoms. The highest BCUT2D eigenvalue weighted by atomic mass is 19.1. The fourth-order valence-corrected chi connectivity index (χ4v) is 1.80. The summed E-state index contributed by atoms with van der Waals surface area (Å²) in [7, 11) is 4.00. The first-order valence-corrected chi connectivity index (χ1v) is 7.46. The van der Waals surface area contributed by atoms with Crippen LogP contribution in [0.4, 0.5) is 10.1 Å². The monoisotopic (exact) mass is 293 g/mol. The lowest BCUT2D eigenvalue weighted by Gasteiger charge is -2.16. The number of halogens is 1. The van der Waals surface area contributed by atoms with Crippen LogP contribution in [0.2, 0.25) is 0 Å². The van der Waals surface area contributed by atoms with Crippen molar-refractivity contribution in [3.63, 3.8) is 0 Å². The van der Waals surface area contributed by atoms with Gasteiger partial charge in [0.15, 0.2) is 0 Å². The lowest BCUT2D eigenvalue weighted by Crippen LogP contribution is -2.21. The zero-order valence-corrected chi connectivity index (χ0v) is 13.9.